The average Bonchev–Trinajstić information content (AvgIpc) is 3.28. The van der Waals surface area contributed by atoms with Crippen LogP contribution in [0.15, 0.2) is 48.6 Å². The minimum Gasteiger partial charge on any atom is -0.462 e. The van der Waals surface area contributed by atoms with Crippen molar-refractivity contribution in [3.63, 3.8) is 0 Å². The molecule has 0 aliphatic carbocycles. The molecule has 0 aromatic rings. The summed E-state index contributed by atoms with van der Waals surface area (Å²) < 4.78 is 5.93. The van der Waals surface area contributed by atoms with Gasteiger partial charge in [0.2, 0.25) is 5.91 Å². The summed E-state index contributed by atoms with van der Waals surface area (Å²) in [5, 5.41) is 23.8. The number of rotatable bonds is 49. The van der Waals surface area contributed by atoms with Crippen molar-refractivity contribution in [2.75, 3.05) is 6.61 Å². The number of ether oxygens (including phenoxy) is 1. The third-order valence-corrected chi connectivity index (χ3v) is 12.4. The number of unbranched alkanes of at least 4 members (excludes halogenated alkanes) is 29. The topological polar surface area (TPSA) is 95.9 Å². The Morgan fingerprint density at radius 1 is 0.476 bits per heavy atom. The summed E-state index contributed by atoms with van der Waals surface area (Å²) in [7, 11) is 0. The molecule has 0 rings (SSSR count). The van der Waals surface area contributed by atoms with E-state index in [-0.39, 0.29) is 24.9 Å². The monoisotopic (exact) mass is 884 g/mol. The molecule has 0 bridgehead atoms. The summed E-state index contributed by atoms with van der Waals surface area (Å²) in [6, 6.07) is -0.706. The largest absolute Gasteiger partial charge is 0.462 e. The van der Waals surface area contributed by atoms with Gasteiger partial charge < -0.3 is 20.3 Å². The van der Waals surface area contributed by atoms with Crippen LogP contribution in [0.2, 0.25) is 0 Å². The highest BCUT2D eigenvalue weighted by molar-refractivity contribution is 5.77. The number of aliphatic hydroxyl groups is 2. The number of nitrogens with one attached hydrogen (secondary N) is 1. The van der Waals surface area contributed by atoms with Crippen molar-refractivity contribution < 1.29 is 24.5 Å². The SMILES string of the molecule is CC/C=C/C/C=C/C/C=C/C/C=C/CCCCCC(=O)OC(CCCCCCCCCCCCC)CC(=O)NC(CO)C(O)CCCCCCCCCCCCCCCCCCC. The van der Waals surface area contributed by atoms with E-state index in [0.29, 0.717) is 19.3 Å². The first kappa shape index (κ1) is 60.8. The number of amides is 1. The summed E-state index contributed by atoms with van der Waals surface area (Å²) >= 11 is 0. The number of allylic oxidation sites excluding steroid dienone is 8. The molecule has 368 valence electrons. The molecule has 0 fully saturated rings. The van der Waals surface area contributed by atoms with Crippen LogP contribution in [0.5, 0.6) is 0 Å². The molecule has 0 saturated carbocycles. The van der Waals surface area contributed by atoms with Crippen molar-refractivity contribution in [1.82, 2.24) is 5.32 Å². The van der Waals surface area contributed by atoms with Crippen LogP contribution < -0.4 is 5.32 Å². The van der Waals surface area contributed by atoms with E-state index in [1.54, 1.807) is 0 Å². The lowest BCUT2D eigenvalue weighted by molar-refractivity contribution is -0.151. The van der Waals surface area contributed by atoms with E-state index in [0.717, 1.165) is 83.5 Å². The normalized spacial score (nSPS) is 13.5. The zero-order valence-electron chi connectivity index (χ0n) is 42.0. The summed E-state index contributed by atoms with van der Waals surface area (Å²) in [6.45, 7) is 6.38. The van der Waals surface area contributed by atoms with E-state index in [1.807, 2.05) is 0 Å². The minimum atomic E-state index is -0.792. The van der Waals surface area contributed by atoms with E-state index in [2.05, 4.69) is 74.7 Å². The third kappa shape index (κ3) is 46.2. The Labute approximate surface area is 391 Å². The molecule has 6 heteroatoms. The molecule has 3 N–H and O–H groups in total. The van der Waals surface area contributed by atoms with E-state index in [4.69, 9.17) is 4.74 Å². The molecule has 0 saturated heterocycles. The van der Waals surface area contributed by atoms with Gasteiger partial charge in [0.25, 0.3) is 0 Å². The number of esters is 1. The van der Waals surface area contributed by atoms with Crippen molar-refractivity contribution in [2.24, 2.45) is 0 Å². The van der Waals surface area contributed by atoms with Gasteiger partial charge in [-0.1, -0.05) is 249 Å². The van der Waals surface area contributed by atoms with Crippen LogP contribution in [-0.4, -0.2) is 46.9 Å². The van der Waals surface area contributed by atoms with Gasteiger partial charge in [-0.15, -0.1) is 0 Å². The van der Waals surface area contributed by atoms with Crippen LogP contribution in [-0.2, 0) is 14.3 Å². The van der Waals surface area contributed by atoms with E-state index in [9.17, 15) is 19.8 Å². The van der Waals surface area contributed by atoms with E-state index in [1.165, 1.54) is 148 Å². The Hall–Kier alpha value is -2.18. The fourth-order valence-electron chi connectivity index (χ4n) is 8.31. The van der Waals surface area contributed by atoms with Crippen molar-refractivity contribution in [1.29, 1.82) is 0 Å². The summed E-state index contributed by atoms with van der Waals surface area (Å²) in [4.78, 5) is 26.2. The summed E-state index contributed by atoms with van der Waals surface area (Å²) in [6.07, 6.45) is 61.7. The maximum absolute atomic E-state index is 13.2. The van der Waals surface area contributed by atoms with Crippen LogP contribution in [0.1, 0.15) is 278 Å². The Kier molecular flexibility index (Phi) is 49.1. The highest BCUT2D eigenvalue weighted by Gasteiger charge is 2.24. The zero-order chi connectivity index (χ0) is 45.9. The summed E-state index contributed by atoms with van der Waals surface area (Å²) in [5.41, 5.74) is 0. The van der Waals surface area contributed by atoms with Crippen molar-refractivity contribution in [3.8, 4) is 0 Å². The molecule has 0 radical (unpaired) electrons. The molecular formula is C57H105NO5. The molecular weight excluding hydrogens is 779 g/mol. The summed E-state index contributed by atoms with van der Waals surface area (Å²) in [5.74, 6) is -0.501. The van der Waals surface area contributed by atoms with Crippen molar-refractivity contribution in [3.05, 3.63) is 48.6 Å². The quantitative estimate of drug-likeness (QED) is 0.0321. The molecule has 6 nitrogen and oxygen atoms in total. The van der Waals surface area contributed by atoms with Gasteiger partial charge in [-0.05, 0) is 64.2 Å². The fourth-order valence-corrected chi connectivity index (χ4v) is 8.31. The van der Waals surface area contributed by atoms with Crippen LogP contribution in [0, 0.1) is 0 Å². The Morgan fingerprint density at radius 3 is 1.29 bits per heavy atom. The molecule has 63 heavy (non-hydrogen) atoms. The lowest BCUT2D eigenvalue weighted by Crippen LogP contribution is -2.46. The second kappa shape index (κ2) is 50.8. The second-order valence-corrected chi connectivity index (χ2v) is 18.6. The predicted octanol–water partition coefficient (Wildman–Crippen LogP) is 16.6. The smallest absolute Gasteiger partial charge is 0.306 e. The highest BCUT2D eigenvalue weighted by atomic mass is 16.5. The van der Waals surface area contributed by atoms with Crippen LogP contribution in [0.25, 0.3) is 0 Å². The number of hydrogen-bond acceptors (Lipinski definition) is 5. The minimum absolute atomic E-state index is 0.0671. The van der Waals surface area contributed by atoms with Crippen molar-refractivity contribution >= 4 is 11.9 Å². The lowest BCUT2D eigenvalue weighted by atomic mass is 10.0. The second-order valence-electron chi connectivity index (χ2n) is 18.6. The van der Waals surface area contributed by atoms with Gasteiger partial charge in [0.05, 0.1) is 25.2 Å². The molecule has 3 atom stereocenters. The molecule has 0 aromatic carbocycles. The van der Waals surface area contributed by atoms with Crippen LogP contribution >= 0.6 is 0 Å². The molecule has 3 unspecified atom stereocenters. The van der Waals surface area contributed by atoms with Gasteiger partial charge >= 0.3 is 5.97 Å². The first-order chi connectivity index (χ1) is 31.0. The maximum Gasteiger partial charge on any atom is 0.306 e. The number of hydrogen-bond donors (Lipinski definition) is 3. The standard InChI is InChI=1S/C57H105NO5/c1-4-7-10-13-16-19-22-24-26-28-29-31-34-37-40-43-46-49-55(60)54(52-59)58-56(61)51-53(48-45-42-39-36-33-21-18-15-12-9-6-3)63-57(62)50-47-44-41-38-35-32-30-27-25-23-20-17-14-11-8-5-2/h8,11,17,20,25,27,32,35,53-55,59-60H,4-7,9-10,12-16,18-19,21-24,26,28-31,33-34,36-52H2,1-3H3,(H,58,61)/b11-8+,20-17+,27-25+,35-32+. The van der Waals surface area contributed by atoms with Gasteiger partial charge in [-0.2, -0.15) is 0 Å². The van der Waals surface area contributed by atoms with Gasteiger partial charge in [-0.25, -0.2) is 0 Å². The third-order valence-electron chi connectivity index (χ3n) is 12.4. The molecule has 0 aliphatic heterocycles. The van der Waals surface area contributed by atoms with Crippen LogP contribution in [0.4, 0.5) is 0 Å². The fraction of sp³-hybridized carbons (Fsp3) is 0.825. The molecule has 0 aliphatic rings. The average molecular weight is 884 g/mol. The molecule has 1 amide bonds. The van der Waals surface area contributed by atoms with Gasteiger partial charge in [0.1, 0.15) is 6.10 Å². The number of carbonyl (C=O) groups is 2. The van der Waals surface area contributed by atoms with E-state index < -0.39 is 18.2 Å². The molecule has 0 heterocycles. The van der Waals surface area contributed by atoms with Gasteiger partial charge in [0, 0.05) is 6.42 Å². The van der Waals surface area contributed by atoms with Gasteiger partial charge in [0.15, 0.2) is 0 Å². The van der Waals surface area contributed by atoms with Gasteiger partial charge in [-0.3, -0.25) is 9.59 Å². The predicted molar refractivity (Wildman–Crippen MR) is 273 cm³/mol. The Bertz CT molecular complexity index is 1080. The van der Waals surface area contributed by atoms with E-state index >= 15 is 0 Å². The highest BCUT2D eigenvalue weighted by Crippen LogP contribution is 2.18. The zero-order valence-corrected chi connectivity index (χ0v) is 42.0. The maximum atomic E-state index is 13.2. The molecule has 0 aromatic heterocycles. The number of aliphatic hydroxyl groups excluding tert-OH is 2. The lowest BCUT2D eigenvalue weighted by Gasteiger charge is -2.24. The Morgan fingerprint density at radius 2 is 0.857 bits per heavy atom. The molecule has 0 spiro atoms. The Balaban J connectivity index is 4.51. The first-order valence-corrected chi connectivity index (χ1v) is 27.4. The first-order valence-electron chi connectivity index (χ1n) is 27.4. The van der Waals surface area contributed by atoms with Crippen LogP contribution in [0.3, 0.4) is 0 Å². The van der Waals surface area contributed by atoms with Crippen molar-refractivity contribution in [2.45, 2.75) is 296 Å². The number of carbonyl (C=O) groups excluding carboxylic acids is 2.